The molecule has 0 amide bonds. The third-order valence-corrected chi connectivity index (χ3v) is 2.18. The molecule has 0 aliphatic carbocycles. The van der Waals surface area contributed by atoms with Gasteiger partial charge in [-0.2, -0.15) is 5.26 Å². The van der Waals surface area contributed by atoms with Crippen LogP contribution in [0.4, 0.5) is 0 Å². The van der Waals surface area contributed by atoms with E-state index in [0.29, 0.717) is 10.3 Å². The van der Waals surface area contributed by atoms with Crippen molar-refractivity contribution in [1.29, 1.82) is 5.26 Å². The minimum absolute atomic E-state index is 0.440. The van der Waals surface area contributed by atoms with E-state index < -0.39 is 0 Å². The second-order valence-corrected chi connectivity index (χ2v) is 3.37. The first-order valence-corrected chi connectivity index (χ1v) is 4.76. The summed E-state index contributed by atoms with van der Waals surface area (Å²) in [6.45, 7) is 0. The summed E-state index contributed by atoms with van der Waals surface area (Å²) in [4.78, 5) is 6.87. The van der Waals surface area contributed by atoms with E-state index in [1.165, 1.54) is 0 Å². The van der Waals surface area contributed by atoms with Gasteiger partial charge < -0.3 is 4.98 Å². The van der Waals surface area contributed by atoms with Crippen LogP contribution >= 0.6 is 12.2 Å². The van der Waals surface area contributed by atoms with Gasteiger partial charge in [0.25, 0.3) is 0 Å². The van der Waals surface area contributed by atoms with Crippen LogP contribution in [-0.4, -0.2) is 9.97 Å². The zero-order chi connectivity index (χ0) is 10.7. The van der Waals surface area contributed by atoms with E-state index in [1.54, 1.807) is 18.3 Å². The Labute approximate surface area is 92.0 Å². The zero-order valence-electron chi connectivity index (χ0n) is 7.77. The molecule has 1 aromatic heterocycles. The average molecular weight is 213 g/mol. The number of H-pyrrole nitrogens is 1. The lowest BCUT2D eigenvalue weighted by Crippen LogP contribution is -1.86. The van der Waals surface area contributed by atoms with Crippen molar-refractivity contribution >= 4 is 12.2 Å². The lowest BCUT2D eigenvalue weighted by Gasteiger charge is -2.00. The largest absolute Gasteiger partial charge is 0.330 e. The van der Waals surface area contributed by atoms with Gasteiger partial charge in [-0.25, -0.2) is 4.98 Å². The van der Waals surface area contributed by atoms with E-state index in [9.17, 15) is 0 Å². The molecule has 1 N–H and O–H groups in total. The summed E-state index contributed by atoms with van der Waals surface area (Å²) in [5, 5.41) is 8.77. The molecule has 2 rings (SSSR count). The summed E-state index contributed by atoms with van der Waals surface area (Å²) < 4.78 is 0.440. The molecule has 4 heteroatoms. The normalized spacial score (nSPS) is 9.53. The quantitative estimate of drug-likeness (QED) is 0.741. The summed E-state index contributed by atoms with van der Waals surface area (Å²) in [6, 6.07) is 11.2. The predicted molar refractivity (Wildman–Crippen MR) is 59.6 cm³/mol. The maximum Gasteiger partial charge on any atom is 0.197 e. The molecule has 72 valence electrons. The standard InChI is InChI=1S/C11H7N3S/c12-7-8-2-1-3-9(6-8)10-4-5-13-11(15)14-10/h1-6H,(H,13,14,15). The Balaban J connectivity index is 2.55. The van der Waals surface area contributed by atoms with Gasteiger partial charge in [0.2, 0.25) is 0 Å². The first-order chi connectivity index (χ1) is 7.29. The molecule has 0 atom stereocenters. The number of nitrogens with zero attached hydrogens (tertiary/aromatic N) is 2. The highest BCUT2D eigenvalue weighted by atomic mass is 32.1. The molecule has 15 heavy (non-hydrogen) atoms. The maximum absolute atomic E-state index is 8.77. The predicted octanol–water partition coefficient (Wildman–Crippen LogP) is 2.68. The number of aromatic nitrogens is 2. The highest BCUT2D eigenvalue weighted by molar-refractivity contribution is 7.71. The van der Waals surface area contributed by atoms with Gasteiger partial charge >= 0.3 is 0 Å². The minimum atomic E-state index is 0.440. The number of nitrogens with one attached hydrogen (secondary N) is 1. The number of hydrogen-bond donors (Lipinski definition) is 1. The molecule has 0 unspecified atom stereocenters. The van der Waals surface area contributed by atoms with Gasteiger partial charge in [0.05, 0.1) is 11.6 Å². The van der Waals surface area contributed by atoms with Crippen molar-refractivity contribution in [1.82, 2.24) is 9.97 Å². The van der Waals surface area contributed by atoms with Crippen molar-refractivity contribution in [3.63, 3.8) is 0 Å². The van der Waals surface area contributed by atoms with E-state index in [4.69, 9.17) is 17.5 Å². The van der Waals surface area contributed by atoms with Gasteiger partial charge in [0.15, 0.2) is 4.77 Å². The zero-order valence-corrected chi connectivity index (χ0v) is 8.58. The molecule has 2 aromatic rings. The Bertz CT molecular complexity index is 581. The lowest BCUT2D eigenvalue weighted by molar-refractivity contribution is 1.14. The van der Waals surface area contributed by atoms with E-state index >= 15 is 0 Å². The van der Waals surface area contributed by atoms with Gasteiger partial charge in [0.1, 0.15) is 0 Å². The van der Waals surface area contributed by atoms with Gasteiger partial charge in [-0.1, -0.05) is 12.1 Å². The second-order valence-electron chi connectivity index (χ2n) is 2.98. The van der Waals surface area contributed by atoms with Crippen LogP contribution in [0.15, 0.2) is 36.5 Å². The van der Waals surface area contributed by atoms with Crippen LogP contribution in [0, 0.1) is 16.1 Å². The SMILES string of the molecule is N#Cc1cccc(-c2ccnc(=S)[nH]2)c1. The minimum Gasteiger partial charge on any atom is -0.330 e. The topological polar surface area (TPSA) is 52.5 Å². The maximum atomic E-state index is 8.77. The molecule has 0 bridgehead atoms. The van der Waals surface area contributed by atoms with Crippen molar-refractivity contribution in [2.45, 2.75) is 0 Å². The van der Waals surface area contributed by atoms with Crippen LogP contribution < -0.4 is 0 Å². The summed E-state index contributed by atoms with van der Waals surface area (Å²) in [7, 11) is 0. The van der Waals surface area contributed by atoms with Crippen LogP contribution in [0.3, 0.4) is 0 Å². The fourth-order valence-electron chi connectivity index (χ4n) is 1.29. The number of hydrogen-bond acceptors (Lipinski definition) is 3. The summed E-state index contributed by atoms with van der Waals surface area (Å²) in [6.07, 6.45) is 1.65. The van der Waals surface area contributed by atoms with Gasteiger partial charge in [-0.15, -0.1) is 0 Å². The number of nitriles is 1. The lowest BCUT2D eigenvalue weighted by atomic mass is 10.1. The fourth-order valence-corrected chi connectivity index (χ4v) is 1.46. The smallest absolute Gasteiger partial charge is 0.197 e. The van der Waals surface area contributed by atoms with E-state index in [1.807, 2.05) is 18.2 Å². The van der Waals surface area contributed by atoms with E-state index in [-0.39, 0.29) is 0 Å². The fraction of sp³-hybridized carbons (Fsp3) is 0. The number of rotatable bonds is 1. The molecular formula is C11H7N3S. The van der Waals surface area contributed by atoms with Crippen LogP contribution in [0.1, 0.15) is 5.56 Å². The molecule has 3 nitrogen and oxygen atoms in total. The Morgan fingerprint density at radius 3 is 2.93 bits per heavy atom. The highest BCUT2D eigenvalue weighted by Gasteiger charge is 1.98. The van der Waals surface area contributed by atoms with Crippen LogP contribution in [0.2, 0.25) is 0 Å². The van der Waals surface area contributed by atoms with Gasteiger partial charge in [-0.3, -0.25) is 0 Å². The van der Waals surface area contributed by atoms with Crippen molar-refractivity contribution in [2.24, 2.45) is 0 Å². The first kappa shape index (κ1) is 9.56. The van der Waals surface area contributed by atoms with Crippen LogP contribution in [0.25, 0.3) is 11.3 Å². The molecule has 0 saturated heterocycles. The molecule has 1 aromatic carbocycles. The van der Waals surface area contributed by atoms with Gasteiger partial charge in [0, 0.05) is 11.9 Å². The van der Waals surface area contributed by atoms with Gasteiger partial charge in [-0.05, 0) is 36.0 Å². The van der Waals surface area contributed by atoms with Crippen molar-refractivity contribution in [3.05, 3.63) is 46.9 Å². The highest BCUT2D eigenvalue weighted by Crippen LogP contribution is 2.16. The Hall–Kier alpha value is -1.99. The number of benzene rings is 1. The molecule has 0 saturated carbocycles. The van der Waals surface area contributed by atoms with Crippen molar-refractivity contribution < 1.29 is 0 Å². The van der Waals surface area contributed by atoms with Crippen LogP contribution in [0.5, 0.6) is 0 Å². The third-order valence-electron chi connectivity index (χ3n) is 1.98. The Morgan fingerprint density at radius 1 is 1.33 bits per heavy atom. The molecule has 0 aliphatic heterocycles. The molecule has 0 fully saturated rings. The Kier molecular flexibility index (Phi) is 2.57. The van der Waals surface area contributed by atoms with Crippen LogP contribution in [-0.2, 0) is 0 Å². The Morgan fingerprint density at radius 2 is 2.20 bits per heavy atom. The summed E-state index contributed by atoms with van der Waals surface area (Å²) in [5.41, 5.74) is 2.43. The van der Waals surface area contributed by atoms with Crippen molar-refractivity contribution in [2.75, 3.05) is 0 Å². The molecule has 0 spiro atoms. The molecule has 0 radical (unpaired) electrons. The summed E-state index contributed by atoms with van der Waals surface area (Å²) >= 11 is 4.93. The molecule has 1 heterocycles. The second kappa shape index (κ2) is 4.03. The first-order valence-electron chi connectivity index (χ1n) is 4.35. The monoisotopic (exact) mass is 213 g/mol. The van der Waals surface area contributed by atoms with E-state index in [2.05, 4.69) is 16.0 Å². The van der Waals surface area contributed by atoms with Crippen molar-refractivity contribution in [3.8, 4) is 17.3 Å². The van der Waals surface area contributed by atoms with E-state index in [0.717, 1.165) is 11.3 Å². The molecular weight excluding hydrogens is 206 g/mol. The summed E-state index contributed by atoms with van der Waals surface area (Å²) in [5.74, 6) is 0. The molecule has 0 aliphatic rings. The average Bonchev–Trinajstić information content (AvgIpc) is 2.29. The third kappa shape index (κ3) is 2.09. The number of aromatic amines is 1.